The number of carbonyl (C=O) groups is 2. The number of carboxylic acids is 1. The average Bonchev–Trinajstić information content (AvgIpc) is 3.28. The van der Waals surface area contributed by atoms with Gasteiger partial charge in [-0.1, -0.05) is 19.1 Å². The van der Waals surface area contributed by atoms with E-state index in [1.54, 1.807) is 30.4 Å². The lowest BCUT2D eigenvalue weighted by atomic mass is 9.79. The predicted octanol–water partition coefficient (Wildman–Crippen LogP) is 1.85. The van der Waals surface area contributed by atoms with E-state index in [-0.39, 0.29) is 28.8 Å². The second kappa shape index (κ2) is 9.15. The number of nitrogens with zero attached hydrogens (tertiary/aromatic N) is 1. The number of carboxylic acid groups (broad SMARTS) is 1. The highest BCUT2D eigenvalue weighted by Crippen LogP contribution is 2.51. The van der Waals surface area contributed by atoms with Crippen LogP contribution in [0.15, 0.2) is 39.8 Å². The maximum atomic E-state index is 12.5. The summed E-state index contributed by atoms with van der Waals surface area (Å²) in [6, 6.07) is 8.39. The Morgan fingerprint density at radius 3 is 2.68 bits per heavy atom. The Balaban J connectivity index is 1.38. The minimum atomic E-state index is -1.06. The molecule has 168 valence electrons. The molecule has 4 rings (SSSR count). The highest BCUT2D eigenvalue weighted by atomic mass is 32.2. The van der Waals surface area contributed by atoms with Gasteiger partial charge in [0.2, 0.25) is 5.91 Å². The maximum Gasteiger partial charge on any atom is 0.353 e. The number of rotatable bonds is 8. The topological polar surface area (TPSA) is 116 Å². The number of fused-ring (bicyclic) bond motifs is 1. The zero-order valence-corrected chi connectivity index (χ0v) is 19.3. The number of hydrogen-bond acceptors (Lipinski definition) is 7. The molecule has 6 atom stereocenters. The first kappa shape index (κ1) is 22.7. The third-order valence-electron chi connectivity index (χ3n) is 6.40. The molecule has 3 aliphatic heterocycles. The van der Waals surface area contributed by atoms with Gasteiger partial charge in [0, 0.05) is 45.9 Å². The smallest absolute Gasteiger partial charge is 0.353 e. The summed E-state index contributed by atoms with van der Waals surface area (Å²) in [7, 11) is 0. The highest BCUT2D eigenvalue weighted by Gasteiger charge is 2.60. The molecule has 0 bridgehead atoms. The van der Waals surface area contributed by atoms with Gasteiger partial charge in [-0.3, -0.25) is 4.79 Å². The number of thioether (sulfide) groups is 2. The molecule has 0 aromatic heterocycles. The van der Waals surface area contributed by atoms with Crippen LogP contribution in [0.1, 0.15) is 25.8 Å². The molecular formula is C22H29N3O4S2. The fourth-order valence-electron chi connectivity index (χ4n) is 4.78. The number of aliphatic carboxylic acids is 1. The summed E-state index contributed by atoms with van der Waals surface area (Å²) in [5.41, 5.74) is 6.88. The number of carbonyl (C=O) groups excluding carboxylic acids is 1. The number of nitrogens with one attached hydrogen (secondary N) is 1. The van der Waals surface area contributed by atoms with E-state index in [0.717, 1.165) is 29.2 Å². The summed E-state index contributed by atoms with van der Waals surface area (Å²) >= 11 is 3.39. The van der Waals surface area contributed by atoms with Gasteiger partial charge >= 0.3 is 5.97 Å². The monoisotopic (exact) mass is 463 g/mol. The normalized spacial score (nSPS) is 31.0. The van der Waals surface area contributed by atoms with Crippen molar-refractivity contribution in [3.05, 3.63) is 40.4 Å². The van der Waals surface area contributed by atoms with Crippen LogP contribution in [0.2, 0.25) is 0 Å². The van der Waals surface area contributed by atoms with E-state index in [1.807, 2.05) is 6.92 Å². The molecule has 0 aliphatic carbocycles. The van der Waals surface area contributed by atoms with Crippen LogP contribution in [-0.4, -0.2) is 62.7 Å². The number of benzene rings is 1. The first-order chi connectivity index (χ1) is 14.8. The molecule has 3 heterocycles. The molecule has 7 nitrogen and oxygen atoms in total. The first-order valence-electron chi connectivity index (χ1n) is 10.6. The van der Waals surface area contributed by atoms with Crippen LogP contribution in [-0.2, 0) is 16.1 Å². The molecule has 0 unspecified atom stereocenters. The molecule has 1 aromatic rings. The Morgan fingerprint density at radius 2 is 2.06 bits per heavy atom. The summed E-state index contributed by atoms with van der Waals surface area (Å²) in [6.45, 7) is 4.93. The summed E-state index contributed by atoms with van der Waals surface area (Å²) in [5.74, 6) is -0.995. The predicted molar refractivity (Wildman–Crippen MR) is 122 cm³/mol. The van der Waals surface area contributed by atoms with Gasteiger partial charge in [-0.15, -0.1) is 23.5 Å². The summed E-state index contributed by atoms with van der Waals surface area (Å²) in [5, 5.41) is 23.6. The molecule has 1 aromatic carbocycles. The van der Waals surface area contributed by atoms with Crippen molar-refractivity contribution in [2.75, 3.05) is 12.3 Å². The quantitative estimate of drug-likeness (QED) is 0.341. The van der Waals surface area contributed by atoms with Crippen molar-refractivity contribution < 1.29 is 19.8 Å². The van der Waals surface area contributed by atoms with Crippen molar-refractivity contribution in [2.24, 2.45) is 17.6 Å². The third-order valence-corrected chi connectivity index (χ3v) is 9.08. The second-order valence-corrected chi connectivity index (χ2v) is 10.9. The summed E-state index contributed by atoms with van der Waals surface area (Å²) < 4.78 is 0. The standard InChI is InChI=1S/C22H29N3O4S2/c1-11-18-17(12(2)26)21(27)25(18)19(22(28)29)20(11)31-16-7-14(24-9-16)10-30-15-5-3-13(8-23)4-6-15/h3-6,11-12,14,16-18,24,26H,7-10,23H2,1-2H3,(H,28,29)/t11-,12-,14+,16+,17-,18-/m1/s1. The van der Waals surface area contributed by atoms with Gasteiger partial charge in [-0.25, -0.2) is 4.79 Å². The third kappa shape index (κ3) is 4.26. The summed E-state index contributed by atoms with van der Waals surface area (Å²) in [6.07, 6.45) is 0.171. The highest BCUT2D eigenvalue weighted by molar-refractivity contribution is 8.03. The van der Waals surface area contributed by atoms with Crippen LogP contribution in [0, 0.1) is 11.8 Å². The number of hydrogen-bond donors (Lipinski definition) is 4. The van der Waals surface area contributed by atoms with E-state index in [1.165, 1.54) is 9.80 Å². The van der Waals surface area contributed by atoms with Gasteiger partial charge in [-0.2, -0.15) is 0 Å². The van der Waals surface area contributed by atoms with E-state index in [0.29, 0.717) is 12.6 Å². The molecule has 5 N–H and O–H groups in total. The number of nitrogens with two attached hydrogens (primary N) is 1. The van der Waals surface area contributed by atoms with Crippen molar-refractivity contribution in [1.29, 1.82) is 0 Å². The van der Waals surface area contributed by atoms with Crippen molar-refractivity contribution >= 4 is 35.4 Å². The molecular weight excluding hydrogens is 434 g/mol. The molecule has 0 saturated carbocycles. The van der Waals surface area contributed by atoms with Crippen LogP contribution in [0.3, 0.4) is 0 Å². The van der Waals surface area contributed by atoms with Crippen LogP contribution in [0.25, 0.3) is 0 Å². The van der Waals surface area contributed by atoms with Crippen molar-refractivity contribution in [1.82, 2.24) is 10.2 Å². The van der Waals surface area contributed by atoms with Crippen LogP contribution >= 0.6 is 23.5 Å². The molecule has 0 radical (unpaired) electrons. The molecule has 2 saturated heterocycles. The molecule has 9 heteroatoms. The Bertz CT molecular complexity index is 889. The van der Waals surface area contributed by atoms with Gasteiger partial charge in [0.05, 0.1) is 18.1 Å². The largest absolute Gasteiger partial charge is 0.477 e. The van der Waals surface area contributed by atoms with Gasteiger partial charge in [0.1, 0.15) is 5.70 Å². The average molecular weight is 464 g/mol. The van der Waals surface area contributed by atoms with E-state index < -0.39 is 18.0 Å². The van der Waals surface area contributed by atoms with Crippen LogP contribution in [0.5, 0.6) is 0 Å². The van der Waals surface area contributed by atoms with E-state index in [4.69, 9.17) is 5.73 Å². The Labute approximate surface area is 190 Å². The molecule has 3 aliphatic rings. The fourth-order valence-corrected chi connectivity index (χ4v) is 7.27. The fraction of sp³-hybridized carbons (Fsp3) is 0.545. The summed E-state index contributed by atoms with van der Waals surface area (Å²) in [4.78, 5) is 27.8. The number of aliphatic hydroxyl groups is 1. The Kier molecular flexibility index (Phi) is 6.69. The molecule has 1 amide bonds. The maximum absolute atomic E-state index is 12.5. The lowest BCUT2D eigenvalue weighted by Crippen LogP contribution is -2.63. The number of β-lactam (4-membered cyclic amide) rings is 1. The molecule has 0 spiro atoms. The van der Waals surface area contributed by atoms with E-state index in [2.05, 4.69) is 29.6 Å². The van der Waals surface area contributed by atoms with Gasteiger partial charge in [0.15, 0.2) is 0 Å². The molecule has 2 fully saturated rings. The minimum Gasteiger partial charge on any atom is -0.477 e. The van der Waals surface area contributed by atoms with E-state index in [9.17, 15) is 19.8 Å². The SMILES string of the molecule is C[C@@H](O)[C@H]1C(=O)N2C(C(=O)O)=C(S[C@@H]3CN[C@H](CSc4ccc(CN)cc4)C3)[C@H](C)[C@H]12. The van der Waals surface area contributed by atoms with Gasteiger partial charge in [0.25, 0.3) is 0 Å². The zero-order chi connectivity index (χ0) is 22.3. The van der Waals surface area contributed by atoms with E-state index >= 15 is 0 Å². The van der Waals surface area contributed by atoms with Gasteiger partial charge in [-0.05, 0) is 31.0 Å². The van der Waals surface area contributed by atoms with Crippen molar-refractivity contribution in [3.63, 3.8) is 0 Å². The van der Waals surface area contributed by atoms with Crippen LogP contribution < -0.4 is 11.1 Å². The zero-order valence-electron chi connectivity index (χ0n) is 17.7. The molecule has 31 heavy (non-hydrogen) atoms. The Hall–Kier alpha value is -1.52. The number of aliphatic hydroxyl groups excluding tert-OH is 1. The first-order valence-corrected chi connectivity index (χ1v) is 12.5. The van der Waals surface area contributed by atoms with Crippen molar-refractivity contribution in [2.45, 2.75) is 55.1 Å². The number of amides is 1. The Morgan fingerprint density at radius 1 is 1.35 bits per heavy atom. The lowest BCUT2D eigenvalue weighted by molar-refractivity contribution is -0.163. The van der Waals surface area contributed by atoms with Crippen molar-refractivity contribution in [3.8, 4) is 0 Å². The lowest BCUT2D eigenvalue weighted by Gasteiger charge is -2.46. The van der Waals surface area contributed by atoms with Gasteiger partial charge < -0.3 is 26.2 Å². The second-order valence-electron chi connectivity index (χ2n) is 8.51. The minimum absolute atomic E-state index is 0.0807. The van der Waals surface area contributed by atoms with Crippen LogP contribution in [0.4, 0.5) is 0 Å².